The van der Waals surface area contributed by atoms with E-state index >= 15 is 0 Å². The van der Waals surface area contributed by atoms with Crippen LogP contribution >= 0.6 is 34.8 Å². The molecule has 136 valence electrons. The fourth-order valence-corrected chi connectivity index (χ4v) is 3.78. The molecular formula is C15H12Cl3N5O2S. The zero-order valence-electron chi connectivity index (χ0n) is 13.3. The van der Waals surface area contributed by atoms with E-state index in [1.165, 1.54) is 35.0 Å². The highest BCUT2D eigenvalue weighted by molar-refractivity contribution is 7.92. The fourth-order valence-electron chi connectivity index (χ4n) is 2.21. The van der Waals surface area contributed by atoms with Crippen LogP contribution in [0.1, 0.15) is 11.4 Å². The van der Waals surface area contributed by atoms with Gasteiger partial charge >= 0.3 is 0 Å². The summed E-state index contributed by atoms with van der Waals surface area (Å²) < 4.78 is 29.3. The fraction of sp³-hybridized carbons (Fsp3) is 0.133. The minimum Gasteiger partial charge on any atom is -0.279 e. The highest BCUT2D eigenvalue weighted by Gasteiger charge is 2.19. The van der Waals surface area contributed by atoms with Gasteiger partial charge in [-0.05, 0) is 52.4 Å². The molecule has 0 saturated heterocycles. The molecule has 26 heavy (non-hydrogen) atoms. The van der Waals surface area contributed by atoms with Crippen LogP contribution in [0, 0.1) is 0 Å². The van der Waals surface area contributed by atoms with Gasteiger partial charge in [-0.15, -0.1) is 5.10 Å². The zero-order chi connectivity index (χ0) is 18.9. The third-order valence-electron chi connectivity index (χ3n) is 3.57. The van der Waals surface area contributed by atoms with Crippen molar-refractivity contribution in [3.63, 3.8) is 0 Å². The van der Waals surface area contributed by atoms with Gasteiger partial charge in [0.25, 0.3) is 10.0 Å². The number of rotatable bonds is 5. The summed E-state index contributed by atoms with van der Waals surface area (Å²) in [7, 11) is -2.16. The van der Waals surface area contributed by atoms with E-state index < -0.39 is 10.0 Å². The van der Waals surface area contributed by atoms with Crippen molar-refractivity contribution < 1.29 is 8.42 Å². The highest BCUT2D eigenvalue weighted by atomic mass is 35.5. The topological polar surface area (TPSA) is 89.8 Å². The molecule has 3 aromatic rings. The Morgan fingerprint density at radius 3 is 2.35 bits per heavy atom. The first-order valence-electron chi connectivity index (χ1n) is 7.24. The van der Waals surface area contributed by atoms with Crippen LogP contribution in [0.25, 0.3) is 0 Å². The van der Waals surface area contributed by atoms with Gasteiger partial charge in [0.2, 0.25) is 0 Å². The number of halogens is 3. The predicted molar refractivity (Wildman–Crippen MR) is 100 cm³/mol. The second-order valence-electron chi connectivity index (χ2n) is 5.38. The Morgan fingerprint density at radius 2 is 1.73 bits per heavy atom. The van der Waals surface area contributed by atoms with E-state index in [0.29, 0.717) is 21.4 Å². The minimum atomic E-state index is -3.84. The first-order chi connectivity index (χ1) is 12.3. The molecule has 0 amide bonds. The minimum absolute atomic E-state index is 0.0687. The number of aryl methyl sites for hydroxylation is 1. The van der Waals surface area contributed by atoms with Crippen LogP contribution in [0.5, 0.6) is 0 Å². The normalized spacial score (nSPS) is 11.5. The van der Waals surface area contributed by atoms with E-state index in [4.69, 9.17) is 34.8 Å². The van der Waals surface area contributed by atoms with Crippen molar-refractivity contribution in [3.05, 3.63) is 62.9 Å². The zero-order valence-corrected chi connectivity index (χ0v) is 16.4. The largest absolute Gasteiger partial charge is 0.279 e. The van der Waals surface area contributed by atoms with Crippen molar-refractivity contribution in [2.75, 3.05) is 4.72 Å². The molecule has 0 fully saturated rings. The number of hydrogen-bond acceptors (Lipinski definition) is 5. The standard InChI is InChI=1S/C15H12Cl3N5O2S/c1-23-15(19-21-22-23)7-9-6-12(17)13(18)8-14(9)20-26(24,25)11-4-2-10(16)3-5-11/h2-6,8,20H,7H2,1H3. The molecule has 1 heterocycles. The van der Waals surface area contributed by atoms with Gasteiger partial charge in [0.15, 0.2) is 5.82 Å². The number of sulfonamides is 1. The van der Waals surface area contributed by atoms with Crippen molar-refractivity contribution in [2.24, 2.45) is 7.05 Å². The molecule has 0 saturated carbocycles. The molecule has 0 aliphatic rings. The summed E-state index contributed by atoms with van der Waals surface area (Å²) in [5, 5.41) is 12.2. The molecule has 3 rings (SSSR count). The Balaban J connectivity index is 1.99. The highest BCUT2D eigenvalue weighted by Crippen LogP contribution is 2.31. The Kier molecular flexibility index (Phi) is 5.38. The van der Waals surface area contributed by atoms with Crippen LogP contribution in [-0.4, -0.2) is 28.6 Å². The monoisotopic (exact) mass is 431 g/mol. The average Bonchev–Trinajstić information content (AvgIpc) is 2.97. The third-order valence-corrected chi connectivity index (χ3v) is 5.93. The molecule has 0 spiro atoms. The predicted octanol–water partition coefficient (Wildman–Crippen LogP) is 3.56. The molecule has 2 aromatic carbocycles. The van der Waals surface area contributed by atoms with Crippen molar-refractivity contribution in [2.45, 2.75) is 11.3 Å². The van der Waals surface area contributed by atoms with Gasteiger partial charge in [-0.3, -0.25) is 4.72 Å². The molecule has 0 atom stereocenters. The molecular weight excluding hydrogens is 421 g/mol. The van der Waals surface area contributed by atoms with E-state index in [2.05, 4.69) is 20.2 Å². The average molecular weight is 433 g/mol. The molecule has 1 N–H and O–H groups in total. The number of nitrogens with zero attached hydrogens (tertiary/aromatic N) is 4. The van der Waals surface area contributed by atoms with Crippen LogP contribution in [0.15, 0.2) is 41.3 Å². The maximum absolute atomic E-state index is 12.7. The molecule has 0 aliphatic carbocycles. The van der Waals surface area contributed by atoms with Gasteiger partial charge in [0, 0.05) is 18.5 Å². The van der Waals surface area contributed by atoms with E-state index in [9.17, 15) is 8.42 Å². The smallest absolute Gasteiger partial charge is 0.261 e. The number of nitrogens with one attached hydrogen (secondary N) is 1. The number of anilines is 1. The van der Waals surface area contributed by atoms with Crippen LogP contribution in [-0.2, 0) is 23.5 Å². The molecule has 7 nitrogen and oxygen atoms in total. The second kappa shape index (κ2) is 7.40. The lowest BCUT2D eigenvalue weighted by atomic mass is 10.1. The lowest BCUT2D eigenvalue weighted by Gasteiger charge is -2.14. The molecule has 1 aromatic heterocycles. The Bertz CT molecular complexity index is 1050. The summed E-state index contributed by atoms with van der Waals surface area (Å²) in [6, 6.07) is 8.85. The van der Waals surface area contributed by atoms with Gasteiger partial charge in [0.1, 0.15) is 0 Å². The van der Waals surface area contributed by atoms with Gasteiger partial charge in [-0.1, -0.05) is 34.8 Å². The first kappa shape index (κ1) is 18.9. The number of tetrazole rings is 1. The second-order valence-corrected chi connectivity index (χ2v) is 8.31. The summed E-state index contributed by atoms with van der Waals surface area (Å²) in [6.45, 7) is 0. The molecule has 0 radical (unpaired) electrons. The Morgan fingerprint density at radius 1 is 1.08 bits per heavy atom. The SMILES string of the molecule is Cn1nnnc1Cc1cc(Cl)c(Cl)cc1NS(=O)(=O)c1ccc(Cl)cc1. The van der Waals surface area contributed by atoms with Gasteiger partial charge in [-0.2, -0.15) is 0 Å². The summed E-state index contributed by atoms with van der Waals surface area (Å²) in [6.07, 6.45) is 0.263. The van der Waals surface area contributed by atoms with E-state index in [0.717, 1.165) is 0 Å². The van der Waals surface area contributed by atoms with Crippen molar-refractivity contribution in [3.8, 4) is 0 Å². The molecule has 0 aliphatic heterocycles. The lowest BCUT2D eigenvalue weighted by molar-refractivity contribution is 0.601. The van der Waals surface area contributed by atoms with E-state index in [1.54, 1.807) is 13.1 Å². The summed E-state index contributed by atoms with van der Waals surface area (Å²) >= 11 is 18.0. The van der Waals surface area contributed by atoms with Crippen molar-refractivity contribution in [1.82, 2.24) is 20.2 Å². The molecule has 0 bridgehead atoms. The maximum Gasteiger partial charge on any atom is 0.261 e. The Labute approximate surface area is 164 Å². The third kappa shape index (κ3) is 4.09. The number of benzene rings is 2. The van der Waals surface area contributed by atoms with Crippen molar-refractivity contribution in [1.29, 1.82) is 0 Å². The van der Waals surface area contributed by atoms with Crippen molar-refractivity contribution >= 4 is 50.5 Å². The quantitative estimate of drug-likeness (QED) is 0.666. The number of aromatic nitrogens is 4. The van der Waals surface area contributed by atoms with Gasteiger partial charge < -0.3 is 0 Å². The maximum atomic E-state index is 12.7. The first-order valence-corrected chi connectivity index (χ1v) is 9.85. The summed E-state index contributed by atoms with van der Waals surface area (Å²) in [5.41, 5.74) is 0.868. The van der Waals surface area contributed by atoms with E-state index in [1.807, 2.05) is 0 Å². The summed E-state index contributed by atoms with van der Waals surface area (Å²) in [4.78, 5) is 0.0687. The van der Waals surface area contributed by atoms with Crippen LogP contribution in [0.2, 0.25) is 15.1 Å². The molecule has 0 unspecified atom stereocenters. The molecule has 11 heteroatoms. The number of hydrogen-bond donors (Lipinski definition) is 1. The van der Waals surface area contributed by atoms with E-state index in [-0.39, 0.29) is 22.0 Å². The Hall–Kier alpha value is -1.87. The van der Waals surface area contributed by atoms with Gasteiger partial charge in [0.05, 0.1) is 20.6 Å². The van der Waals surface area contributed by atoms with Crippen LogP contribution in [0.4, 0.5) is 5.69 Å². The van der Waals surface area contributed by atoms with Crippen LogP contribution in [0.3, 0.4) is 0 Å². The lowest BCUT2D eigenvalue weighted by Crippen LogP contribution is -2.15. The van der Waals surface area contributed by atoms with Crippen LogP contribution < -0.4 is 4.72 Å². The summed E-state index contributed by atoms with van der Waals surface area (Å²) in [5.74, 6) is 0.537. The van der Waals surface area contributed by atoms with Gasteiger partial charge in [-0.25, -0.2) is 13.1 Å².